The molecule has 1 atom stereocenters. The molecule has 1 aromatic heterocycles. The van der Waals surface area contributed by atoms with Gasteiger partial charge in [-0.05, 0) is 43.0 Å². The Morgan fingerprint density at radius 2 is 2.12 bits per heavy atom. The summed E-state index contributed by atoms with van der Waals surface area (Å²) in [6, 6.07) is 9.09. The van der Waals surface area contributed by atoms with Gasteiger partial charge in [-0.3, -0.25) is 0 Å². The van der Waals surface area contributed by atoms with Gasteiger partial charge >= 0.3 is 0 Å². The first-order valence-corrected chi connectivity index (χ1v) is 8.21. The molecule has 4 nitrogen and oxygen atoms in total. The number of aromatic nitrogens is 1. The van der Waals surface area contributed by atoms with Crippen LogP contribution in [0.15, 0.2) is 36.5 Å². The molecule has 25 heavy (non-hydrogen) atoms. The summed E-state index contributed by atoms with van der Waals surface area (Å²) in [5.74, 6) is -0.455. The van der Waals surface area contributed by atoms with Gasteiger partial charge < -0.3 is 10.0 Å². The summed E-state index contributed by atoms with van der Waals surface area (Å²) in [6.45, 7) is 1.22. The van der Waals surface area contributed by atoms with Gasteiger partial charge in [-0.2, -0.15) is 5.26 Å². The van der Waals surface area contributed by atoms with E-state index in [4.69, 9.17) is 5.26 Å². The number of pyridine rings is 1. The molecular formula is C19H19F2N3O. The fraction of sp³-hybridized carbons (Fsp3) is 0.368. The summed E-state index contributed by atoms with van der Waals surface area (Å²) in [5, 5.41) is 18.9. The van der Waals surface area contributed by atoms with E-state index in [1.807, 2.05) is 11.0 Å². The highest BCUT2D eigenvalue weighted by Gasteiger charge is 2.36. The van der Waals surface area contributed by atoms with Gasteiger partial charge in [0.05, 0.1) is 12.2 Å². The number of halogens is 2. The van der Waals surface area contributed by atoms with Gasteiger partial charge in [0.15, 0.2) is 0 Å². The summed E-state index contributed by atoms with van der Waals surface area (Å²) in [5.41, 5.74) is 0.389. The zero-order chi connectivity index (χ0) is 17.9. The zero-order valence-electron chi connectivity index (χ0n) is 13.8. The lowest BCUT2D eigenvalue weighted by molar-refractivity contribution is 0.104. The molecule has 0 bridgehead atoms. The molecule has 3 rings (SSSR count). The van der Waals surface area contributed by atoms with Gasteiger partial charge in [0, 0.05) is 30.8 Å². The predicted octanol–water partition coefficient (Wildman–Crippen LogP) is 3.05. The number of rotatable bonds is 4. The molecule has 1 aromatic carbocycles. The van der Waals surface area contributed by atoms with Crippen LogP contribution in [0.3, 0.4) is 0 Å². The standard InChI is InChI=1S/C19H19F2N3O/c20-16-4-3-15(17(21)8-16)9-19(13-25)6-1-7-24(12-19)18-5-2-14(10-22)11-23-18/h2-5,8,11,25H,1,6-7,9,12-13H2/t19-/m1/s1. The van der Waals surface area contributed by atoms with Gasteiger partial charge in [0.2, 0.25) is 0 Å². The molecule has 1 aliphatic rings. The Labute approximate surface area is 145 Å². The van der Waals surface area contributed by atoms with Crippen LogP contribution in [0.4, 0.5) is 14.6 Å². The summed E-state index contributed by atoms with van der Waals surface area (Å²) >= 11 is 0. The molecule has 0 spiro atoms. The van der Waals surface area contributed by atoms with Gasteiger partial charge in [0.25, 0.3) is 0 Å². The average molecular weight is 343 g/mol. The maximum Gasteiger partial charge on any atom is 0.129 e. The maximum atomic E-state index is 14.0. The maximum absolute atomic E-state index is 14.0. The first kappa shape index (κ1) is 17.3. The molecule has 1 aliphatic heterocycles. The molecule has 6 heteroatoms. The number of piperidine rings is 1. The van der Waals surface area contributed by atoms with Gasteiger partial charge in [-0.1, -0.05) is 6.07 Å². The highest BCUT2D eigenvalue weighted by Crippen LogP contribution is 2.35. The Morgan fingerprint density at radius 3 is 2.76 bits per heavy atom. The number of benzene rings is 1. The second-order valence-electron chi connectivity index (χ2n) is 6.61. The number of aliphatic hydroxyl groups is 1. The van der Waals surface area contributed by atoms with E-state index in [-0.39, 0.29) is 6.61 Å². The Kier molecular flexibility index (Phi) is 4.95. The van der Waals surface area contributed by atoms with Crippen molar-refractivity contribution >= 4 is 5.82 Å². The van der Waals surface area contributed by atoms with E-state index >= 15 is 0 Å². The number of nitriles is 1. The second kappa shape index (κ2) is 7.16. The van der Waals surface area contributed by atoms with Crippen LogP contribution in [0, 0.1) is 28.4 Å². The van der Waals surface area contributed by atoms with Crippen LogP contribution in [0.2, 0.25) is 0 Å². The number of anilines is 1. The molecule has 2 heterocycles. The van der Waals surface area contributed by atoms with Crippen molar-refractivity contribution in [3.05, 3.63) is 59.3 Å². The highest BCUT2D eigenvalue weighted by atomic mass is 19.1. The first-order chi connectivity index (χ1) is 12.0. The second-order valence-corrected chi connectivity index (χ2v) is 6.61. The molecule has 1 fully saturated rings. The minimum absolute atomic E-state index is 0.0867. The Morgan fingerprint density at radius 1 is 1.28 bits per heavy atom. The van der Waals surface area contributed by atoms with Crippen molar-refractivity contribution in [3.63, 3.8) is 0 Å². The summed E-state index contributed by atoms with van der Waals surface area (Å²) < 4.78 is 27.2. The normalized spacial score (nSPS) is 20.3. The number of hydrogen-bond acceptors (Lipinski definition) is 4. The van der Waals surface area contributed by atoms with Gasteiger partial charge in [0.1, 0.15) is 23.5 Å². The Hall–Kier alpha value is -2.52. The molecule has 0 saturated carbocycles. The van der Waals surface area contributed by atoms with Crippen molar-refractivity contribution in [1.29, 1.82) is 5.26 Å². The molecular weight excluding hydrogens is 324 g/mol. The van der Waals surface area contributed by atoms with Crippen LogP contribution in [-0.2, 0) is 6.42 Å². The van der Waals surface area contributed by atoms with E-state index in [9.17, 15) is 13.9 Å². The van der Waals surface area contributed by atoms with Crippen LogP contribution in [0.25, 0.3) is 0 Å². The van der Waals surface area contributed by atoms with Crippen molar-refractivity contribution in [3.8, 4) is 6.07 Å². The fourth-order valence-electron chi connectivity index (χ4n) is 3.44. The fourth-order valence-corrected chi connectivity index (χ4v) is 3.44. The molecule has 1 N–H and O–H groups in total. The van der Waals surface area contributed by atoms with Gasteiger partial charge in [-0.15, -0.1) is 0 Å². The van der Waals surface area contributed by atoms with Crippen molar-refractivity contribution in [2.45, 2.75) is 19.3 Å². The summed E-state index contributed by atoms with van der Waals surface area (Å²) in [7, 11) is 0. The average Bonchev–Trinajstić information content (AvgIpc) is 2.64. The van der Waals surface area contributed by atoms with Crippen LogP contribution in [0.5, 0.6) is 0 Å². The predicted molar refractivity (Wildman–Crippen MR) is 90.0 cm³/mol. The van der Waals surface area contributed by atoms with E-state index in [0.717, 1.165) is 31.3 Å². The zero-order valence-corrected chi connectivity index (χ0v) is 13.8. The first-order valence-electron chi connectivity index (χ1n) is 8.21. The minimum Gasteiger partial charge on any atom is -0.396 e. The van der Waals surface area contributed by atoms with E-state index in [2.05, 4.69) is 4.98 Å². The SMILES string of the molecule is N#Cc1ccc(N2CCC[C@@](CO)(Cc3ccc(F)cc3F)C2)nc1. The van der Waals surface area contributed by atoms with Crippen molar-refractivity contribution in [2.75, 3.05) is 24.6 Å². The van der Waals surface area contributed by atoms with E-state index in [1.54, 1.807) is 12.1 Å². The molecule has 2 aromatic rings. The van der Waals surface area contributed by atoms with Crippen molar-refractivity contribution < 1.29 is 13.9 Å². The molecule has 1 saturated heterocycles. The third-order valence-electron chi connectivity index (χ3n) is 4.78. The quantitative estimate of drug-likeness (QED) is 0.927. The molecule has 0 amide bonds. The monoisotopic (exact) mass is 343 g/mol. The van der Waals surface area contributed by atoms with Gasteiger partial charge in [-0.25, -0.2) is 13.8 Å². The number of nitrogens with zero attached hydrogens (tertiary/aromatic N) is 3. The topological polar surface area (TPSA) is 60.2 Å². The number of hydrogen-bond donors (Lipinski definition) is 1. The van der Waals surface area contributed by atoms with E-state index < -0.39 is 17.0 Å². The summed E-state index contributed by atoms with van der Waals surface area (Å²) in [4.78, 5) is 6.35. The Balaban J connectivity index is 1.81. The van der Waals surface area contributed by atoms with E-state index in [0.29, 0.717) is 24.1 Å². The van der Waals surface area contributed by atoms with Crippen LogP contribution >= 0.6 is 0 Å². The highest BCUT2D eigenvalue weighted by molar-refractivity contribution is 5.43. The van der Waals surface area contributed by atoms with Crippen molar-refractivity contribution in [2.24, 2.45) is 5.41 Å². The molecule has 0 radical (unpaired) electrons. The minimum atomic E-state index is -0.605. The van der Waals surface area contributed by atoms with Crippen molar-refractivity contribution in [1.82, 2.24) is 4.98 Å². The molecule has 0 aliphatic carbocycles. The van der Waals surface area contributed by atoms with Crippen LogP contribution in [0.1, 0.15) is 24.0 Å². The van der Waals surface area contributed by atoms with Crippen LogP contribution in [-0.4, -0.2) is 29.8 Å². The lowest BCUT2D eigenvalue weighted by Gasteiger charge is -2.42. The molecule has 130 valence electrons. The van der Waals surface area contributed by atoms with Crippen LogP contribution < -0.4 is 4.90 Å². The Bertz CT molecular complexity index is 788. The summed E-state index contributed by atoms with van der Waals surface area (Å²) in [6.07, 6.45) is 3.45. The molecule has 0 unspecified atom stereocenters. The number of aliphatic hydroxyl groups excluding tert-OH is 1. The third kappa shape index (κ3) is 3.77. The van der Waals surface area contributed by atoms with E-state index in [1.165, 1.54) is 18.3 Å². The lowest BCUT2D eigenvalue weighted by atomic mass is 9.75. The lowest BCUT2D eigenvalue weighted by Crippen LogP contribution is -2.47. The third-order valence-corrected chi connectivity index (χ3v) is 4.78. The smallest absolute Gasteiger partial charge is 0.129 e. The largest absolute Gasteiger partial charge is 0.396 e.